The lowest BCUT2D eigenvalue weighted by Gasteiger charge is -2.31. The molecule has 0 aromatic carbocycles. The SMILES string of the molecule is CCC(NC(=S)NC(CC)P(=O)(OCC(F)(F)F)OCC(F)(F)F)P(=O)(OCC(F)(F)F)OCC(F)(F)F. The first-order valence-corrected chi connectivity index (χ1v) is 13.6. The molecule has 0 heterocycles. The number of halogens is 12. The predicted molar refractivity (Wildman–Crippen MR) is 110 cm³/mol. The molecule has 228 valence electrons. The van der Waals surface area contributed by atoms with E-state index >= 15 is 0 Å². The first-order valence-electron chi connectivity index (χ1n) is 9.96. The van der Waals surface area contributed by atoms with E-state index in [0.717, 1.165) is 13.8 Å². The molecule has 0 aromatic heterocycles. The molecule has 0 aliphatic rings. The zero-order valence-corrected chi connectivity index (χ0v) is 21.8. The van der Waals surface area contributed by atoms with E-state index < -0.39 is 95.8 Å². The van der Waals surface area contributed by atoms with Crippen molar-refractivity contribution < 1.29 is 79.9 Å². The third-order valence-corrected chi connectivity index (χ3v) is 8.47. The van der Waals surface area contributed by atoms with Gasteiger partial charge >= 0.3 is 39.9 Å². The van der Waals surface area contributed by atoms with Crippen LogP contribution in [-0.2, 0) is 27.2 Å². The Balaban J connectivity index is 5.89. The largest absolute Gasteiger partial charge is 0.412 e. The molecule has 0 rings (SSSR count). The molecule has 2 unspecified atom stereocenters. The monoisotopic (exact) mass is 648 g/mol. The van der Waals surface area contributed by atoms with E-state index in [2.05, 4.69) is 18.1 Å². The minimum Gasteiger partial charge on any atom is -0.349 e. The number of nitrogens with one attached hydrogen (secondary N) is 2. The summed E-state index contributed by atoms with van der Waals surface area (Å²) in [5.74, 6) is -4.09. The van der Waals surface area contributed by atoms with Crippen LogP contribution in [0.25, 0.3) is 0 Å². The lowest BCUT2D eigenvalue weighted by atomic mass is 10.4. The Hall–Kier alpha value is -0.850. The zero-order valence-electron chi connectivity index (χ0n) is 19.2. The number of hydrogen-bond donors (Lipinski definition) is 2. The van der Waals surface area contributed by atoms with Crippen LogP contribution >= 0.6 is 27.4 Å². The molecule has 2 atom stereocenters. The van der Waals surface area contributed by atoms with Gasteiger partial charge in [0.2, 0.25) is 0 Å². The second-order valence-electron chi connectivity index (χ2n) is 7.10. The highest BCUT2D eigenvalue weighted by Crippen LogP contribution is 2.56. The first-order chi connectivity index (χ1) is 16.8. The van der Waals surface area contributed by atoms with Gasteiger partial charge < -0.3 is 10.6 Å². The van der Waals surface area contributed by atoms with Gasteiger partial charge in [-0.15, -0.1) is 0 Å². The minimum atomic E-state index is -5.35. The summed E-state index contributed by atoms with van der Waals surface area (Å²) in [6.07, 6.45) is -21.8. The second-order valence-corrected chi connectivity index (χ2v) is 11.9. The molecule has 2 N–H and O–H groups in total. The van der Waals surface area contributed by atoms with Crippen molar-refractivity contribution in [2.75, 3.05) is 26.4 Å². The van der Waals surface area contributed by atoms with E-state index in [4.69, 9.17) is 12.2 Å². The smallest absolute Gasteiger partial charge is 0.349 e. The van der Waals surface area contributed by atoms with Crippen molar-refractivity contribution in [3.8, 4) is 0 Å². The Bertz CT molecular complexity index is 742. The standard InChI is InChI=1S/C15H22F12N2O6P2S/c1-3-9(36(30,32-5-12(16,17)18)33-6-13(19,20)21)28-11(38)29-10(4-2)37(31,34-7-14(22,23)24)35-8-15(25,26)27/h9-10H,3-8H2,1-2H3,(H2,28,29,38). The maximum absolute atomic E-state index is 12.8. The highest BCUT2D eigenvalue weighted by molar-refractivity contribution is 7.80. The van der Waals surface area contributed by atoms with Gasteiger partial charge in [-0.2, -0.15) is 52.7 Å². The molecular formula is C15H22F12N2O6P2S. The fourth-order valence-corrected chi connectivity index (χ4v) is 6.34. The van der Waals surface area contributed by atoms with Crippen molar-refractivity contribution in [2.24, 2.45) is 0 Å². The molecule has 23 heteroatoms. The summed E-state index contributed by atoms with van der Waals surface area (Å²) in [4.78, 5) is 0. The van der Waals surface area contributed by atoms with Crippen LogP contribution in [0, 0.1) is 0 Å². The predicted octanol–water partition coefficient (Wildman–Crippen LogP) is 6.62. The molecule has 38 heavy (non-hydrogen) atoms. The average Bonchev–Trinajstić information content (AvgIpc) is 2.73. The van der Waals surface area contributed by atoms with Gasteiger partial charge in [0, 0.05) is 0 Å². The lowest BCUT2D eigenvalue weighted by molar-refractivity contribution is -0.166. The van der Waals surface area contributed by atoms with Crippen LogP contribution in [0.1, 0.15) is 26.7 Å². The van der Waals surface area contributed by atoms with E-state index in [9.17, 15) is 61.8 Å². The average molecular weight is 648 g/mol. The molecule has 0 fully saturated rings. The van der Waals surface area contributed by atoms with Crippen molar-refractivity contribution >= 4 is 32.5 Å². The minimum absolute atomic E-state index is 0.585. The van der Waals surface area contributed by atoms with Crippen LogP contribution in [-0.4, -0.2) is 67.8 Å². The maximum Gasteiger partial charge on any atom is 0.412 e. The van der Waals surface area contributed by atoms with Crippen molar-refractivity contribution in [1.29, 1.82) is 0 Å². The molecule has 0 spiro atoms. The normalized spacial score (nSPS) is 15.7. The van der Waals surface area contributed by atoms with E-state index in [0.29, 0.717) is 0 Å². The van der Waals surface area contributed by atoms with Gasteiger partial charge in [0.15, 0.2) is 31.5 Å². The fraction of sp³-hybridized carbons (Fsp3) is 0.933. The van der Waals surface area contributed by atoms with E-state index in [-0.39, 0.29) is 0 Å². The third-order valence-electron chi connectivity index (χ3n) is 3.76. The lowest BCUT2D eigenvalue weighted by Crippen LogP contribution is -2.47. The molecule has 0 aromatic rings. The van der Waals surface area contributed by atoms with Crippen LogP contribution < -0.4 is 10.6 Å². The Morgan fingerprint density at radius 1 is 0.605 bits per heavy atom. The first kappa shape index (κ1) is 37.1. The third kappa shape index (κ3) is 15.7. The van der Waals surface area contributed by atoms with Gasteiger partial charge in [0.25, 0.3) is 0 Å². The van der Waals surface area contributed by atoms with Gasteiger partial charge in [-0.3, -0.25) is 27.2 Å². The molecule has 0 aliphatic carbocycles. The quantitative estimate of drug-likeness (QED) is 0.122. The molecule has 0 saturated heterocycles. The van der Waals surface area contributed by atoms with Crippen molar-refractivity contribution in [3.05, 3.63) is 0 Å². The molecular weight excluding hydrogens is 626 g/mol. The summed E-state index contributed by atoms with van der Waals surface area (Å²) in [7, 11) is -10.7. The number of alkyl halides is 12. The van der Waals surface area contributed by atoms with Crippen LogP contribution in [0.4, 0.5) is 52.7 Å². The van der Waals surface area contributed by atoms with E-state index in [1.807, 2.05) is 10.6 Å². The van der Waals surface area contributed by atoms with Gasteiger partial charge in [-0.05, 0) is 25.1 Å². The van der Waals surface area contributed by atoms with Gasteiger partial charge in [0.1, 0.15) is 11.6 Å². The summed E-state index contributed by atoms with van der Waals surface area (Å²) in [6, 6.07) is 0. The highest BCUT2D eigenvalue weighted by atomic mass is 32.1. The highest BCUT2D eigenvalue weighted by Gasteiger charge is 2.45. The van der Waals surface area contributed by atoms with E-state index in [1.165, 1.54) is 0 Å². The summed E-state index contributed by atoms with van der Waals surface area (Å²) in [5.41, 5.74) is 0. The van der Waals surface area contributed by atoms with Crippen LogP contribution in [0.5, 0.6) is 0 Å². The summed E-state index contributed by atoms with van der Waals surface area (Å²) >= 11 is 4.73. The summed E-state index contributed by atoms with van der Waals surface area (Å²) in [6.45, 7) is -7.09. The van der Waals surface area contributed by atoms with Crippen molar-refractivity contribution in [3.63, 3.8) is 0 Å². The van der Waals surface area contributed by atoms with Crippen molar-refractivity contribution in [1.82, 2.24) is 10.6 Å². The molecule has 0 aliphatic heterocycles. The maximum atomic E-state index is 12.8. The van der Waals surface area contributed by atoms with Gasteiger partial charge in [0.05, 0.1) is 0 Å². The Labute approximate surface area is 213 Å². The zero-order chi connectivity index (χ0) is 30.2. The second kappa shape index (κ2) is 14.2. The van der Waals surface area contributed by atoms with E-state index in [1.54, 1.807) is 0 Å². The van der Waals surface area contributed by atoms with Crippen LogP contribution in [0.2, 0.25) is 0 Å². The van der Waals surface area contributed by atoms with Crippen LogP contribution in [0.3, 0.4) is 0 Å². The van der Waals surface area contributed by atoms with Crippen LogP contribution in [0.15, 0.2) is 0 Å². The fourth-order valence-electron chi connectivity index (χ4n) is 2.24. The molecule has 0 bridgehead atoms. The summed E-state index contributed by atoms with van der Waals surface area (Å²) < 4.78 is 193. The van der Waals surface area contributed by atoms with Gasteiger partial charge in [-0.25, -0.2) is 0 Å². The van der Waals surface area contributed by atoms with Gasteiger partial charge in [-0.1, -0.05) is 13.8 Å². The Morgan fingerprint density at radius 3 is 0.974 bits per heavy atom. The topological polar surface area (TPSA) is 95.1 Å². The molecule has 0 amide bonds. The summed E-state index contributed by atoms with van der Waals surface area (Å²) in [5, 5.41) is 2.99. The Morgan fingerprint density at radius 2 is 0.816 bits per heavy atom. The molecule has 0 radical (unpaired) electrons. The Kier molecular flexibility index (Phi) is 13.8. The number of hydrogen-bond acceptors (Lipinski definition) is 7. The number of rotatable bonds is 14. The molecule has 8 nitrogen and oxygen atoms in total. The number of thiocarbonyl (C=S) groups is 1. The molecule has 0 saturated carbocycles. The van der Waals surface area contributed by atoms with Crippen molar-refractivity contribution in [2.45, 2.75) is 63.0 Å².